The van der Waals surface area contributed by atoms with Crippen LogP contribution in [0.25, 0.3) is 0 Å². The van der Waals surface area contributed by atoms with Crippen LogP contribution in [0.3, 0.4) is 0 Å². The minimum absolute atomic E-state index is 0.407. The summed E-state index contributed by atoms with van der Waals surface area (Å²) in [5, 5.41) is 4.53. The molecule has 6 nitrogen and oxygen atoms in total. The van der Waals surface area contributed by atoms with E-state index >= 15 is 0 Å². The van der Waals surface area contributed by atoms with E-state index in [4.69, 9.17) is 5.84 Å². The average Bonchev–Trinajstić information content (AvgIpc) is 2.70. The van der Waals surface area contributed by atoms with Gasteiger partial charge in [0.2, 0.25) is 0 Å². The van der Waals surface area contributed by atoms with Crippen molar-refractivity contribution in [2.75, 3.05) is 6.26 Å². The van der Waals surface area contributed by atoms with Crippen LogP contribution in [0, 0.1) is 0 Å². The Kier molecular flexibility index (Phi) is 5.99. The standard InChI is InChI=1S/C13H25BrN4O2S/c1-6-9-12(14)10(18(7-2)17-9)8-11(16-15)13(3,4)21(5,19)20/h11,16H,6-8,15H2,1-5H3. The zero-order chi connectivity index (χ0) is 16.4. The molecule has 0 aromatic carbocycles. The van der Waals surface area contributed by atoms with E-state index in [9.17, 15) is 8.42 Å². The molecular formula is C13H25BrN4O2S. The fourth-order valence-corrected chi connectivity index (χ4v) is 3.56. The van der Waals surface area contributed by atoms with Gasteiger partial charge in [-0.3, -0.25) is 16.0 Å². The van der Waals surface area contributed by atoms with Gasteiger partial charge < -0.3 is 0 Å². The third kappa shape index (κ3) is 3.67. The molecule has 0 bridgehead atoms. The lowest BCUT2D eigenvalue weighted by Crippen LogP contribution is -2.55. The molecule has 0 aliphatic rings. The number of hydrogen-bond donors (Lipinski definition) is 2. The van der Waals surface area contributed by atoms with Crippen molar-refractivity contribution in [1.29, 1.82) is 0 Å². The number of nitrogens with two attached hydrogens (primary N) is 1. The van der Waals surface area contributed by atoms with E-state index in [1.165, 1.54) is 6.26 Å². The van der Waals surface area contributed by atoms with Crippen LogP contribution in [0.2, 0.25) is 0 Å². The summed E-state index contributed by atoms with van der Waals surface area (Å²) in [6.45, 7) is 8.15. The second kappa shape index (κ2) is 6.76. The molecule has 1 aromatic rings. The molecule has 1 rings (SSSR count). The van der Waals surface area contributed by atoms with Gasteiger partial charge in [-0.25, -0.2) is 8.42 Å². The van der Waals surface area contributed by atoms with Crippen LogP contribution in [0.5, 0.6) is 0 Å². The number of sulfone groups is 1. The van der Waals surface area contributed by atoms with E-state index in [1.807, 2.05) is 18.5 Å². The first kappa shape index (κ1) is 18.6. The number of aromatic nitrogens is 2. The molecule has 0 radical (unpaired) electrons. The zero-order valence-electron chi connectivity index (χ0n) is 13.3. The SMILES string of the molecule is CCc1nn(CC)c(CC(NN)C(C)(C)S(C)(=O)=O)c1Br. The highest BCUT2D eigenvalue weighted by Gasteiger charge is 2.39. The minimum Gasteiger partial charge on any atom is -0.271 e. The number of nitrogens with one attached hydrogen (secondary N) is 1. The summed E-state index contributed by atoms with van der Waals surface area (Å²) < 4.78 is 25.9. The zero-order valence-corrected chi connectivity index (χ0v) is 15.7. The summed E-state index contributed by atoms with van der Waals surface area (Å²) in [4.78, 5) is 0. The van der Waals surface area contributed by atoms with E-state index < -0.39 is 20.6 Å². The molecule has 0 saturated heterocycles. The van der Waals surface area contributed by atoms with Crippen molar-refractivity contribution in [2.45, 2.75) is 57.9 Å². The first-order valence-electron chi connectivity index (χ1n) is 6.99. The fourth-order valence-electron chi connectivity index (χ4n) is 2.17. The van der Waals surface area contributed by atoms with E-state index in [2.05, 4.69) is 26.5 Å². The monoisotopic (exact) mass is 380 g/mol. The normalized spacial score (nSPS) is 14.4. The van der Waals surface area contributed by atoms with Crippen molar-refractivity contribution < 1.29 is 8.42 Å². The molecule has 1 atom stereocenters. The first-order chi connectivity index (χ1) is 9.60. The Hall–Kier alpha value is -0.440. The summed E-state index contributed by atoms with van der Waals surface area (Å²) in [6.07, 6.45) is 2.54. The molecule has 3 N–H and O–H groups in total. The van der Waals surface area contributed by atoms with Crippen LogP contribution in [0.4, 0.5) is 0 Å². The molecule has 0 spiro atoms. The Balaban J connectivity index is 3.22. The number of nitrogens with zero attached hydrogens (tertiary/aromatic N) is 2. The number of hydrogen-bond acceptors (Lipinski definition) is 5. The lowest BCUT2D eigenvalue weighted by Gasteiger charge is -2.32. The Morgan fingerprint density at radius 2 is 2.00 bits per heavy atom. The molecule has 122 valence electrons. The summed E-state index contributed by atoms with van der Waals surface area (Å²) in [5.41, 5.74) is 4.60. The van der Waals surface area contributed by atoms with Crippen molar-refractivity contribution in [3.63, 3.8) is 0 Å². The maximum Gasteiger partial charge on any atom is 0.154 e. The molecule has 21 heavy (non-hydrogen) atoms. The Morgan fingerprint density at radius 1 is 1.43 bits per heavy atom. The Bertz CT molecular complexity index is 596. The molecule has 1 heterocycles. The molecular weight excluding hydrogens is 356 g/mol. The van der Waals surface area contributed by atoms with E-state index in [-0.39, 0.29) is 0 Å². The smallest absolute Gasteiger partial charge is 0.154 e. The third-order valence-corrected chi connectivity index (χ3v) is 7.20. The quantitative estimate of drug-likeness (QED) is 0.551. The Morgan fingerprint density at radius 3 is 2.38 bits per heavy atom. The van der Waals surface area contributed by atoms with Crippen molar-refractivity contribution >= 4 is 25.8 Å². The number of hydrazine groups is 1. The molecule has 1 unspecified atom stereocenters. The van der Waals surface area contributed by atoms with E-state index in [0.29, 0.717) is 6.42 Å². The van der Waals surface area contributed by atoms with Crippen molar-refractivity contribution in [3.05, 3.63) is 15.9 Å². The summed E-state index contributed by atoms with van der Waals surface area (Å²) in [5.74, 6) is 5.62. The Labute approximate surface area is 135 Å². The minimum atomic E-state index is -3.25. The largest absolute Gasteiger partial charge is 0.271 e. The molecule has 0 fully saturated rings. The van der Waals surface area contributed by atoms with E-state index in [1.54, 1.807) is 13.8 Å². The van der Waals surface area contributed by atoms with Gasteiger partial charge in [0.25, 0.3) is 0 Å². The van der Waals surface area contributed by atoms with E-state index in [0.717, 1.165) is 28.8 Å². The van der Waals surface area contributed by atoms with Crippen LogP contribution in [-0.2, 0) is 29.2 Å². The van der Waals surface area contributed by atoms with Crippen molar-refractivity contribution in [3.8, 4) is 0 Å². The van der Waals surface area contributed by atoms with Gasteiger partial charge >= 0.3 is 0 Å². The fraction of sp³-hybridized carbons (Fsp3) is 0.769. The van der Waals surface area contributed by atoms with Gasteiger partial charge in [-0.1, -0.05) is 6.92 Å². The highest BCUT2D eigenvalue weighted by molar-refractivity contribution is 9.10. The van der Waals surface area contributed by atoms with Gasteiger partial charge in [-0.15, -0.1) is 0 Å². The molecule has 0 aliphatic carbocycles. The number of halogens is 1. The first-order valence-corrected chi connectivity index (χ1v) is 9.68. The summed E-state index contributed by atoms with van der Waals surface area (Å²) in [7, 11) is -3.25. The highest BCUT2D eigenvalue weighted by atomic mass is 79.9. The van der Waals surface area contributed by atoms with Crippen LogP contribution >= 0.6 is 15.9 Å². The average molecular weight is 381 g/mol. The maximum absolute atomic E-state index is 12.0. The van der Waals surface area contributed by atoms with Crippen molar-refractivity contribution in [1.82, 2.24) is 15.2 Å². The van der Waals surface area contributed by atoms with Crippen LogP contribution < -0.4 is 11.3 Å². The van der Waals surface area contributed by atoms with Crippen LogP contribution in [-0.4, -0.2) is 35.2 Å². The number of aryl methyl sites for hydroxylation is 2. The maximum atomic E-state index is 12.0. The lowest BCUT2D eigenvalue weighted by atomic mass is 9.98. The molecule has 0 aliphatic heterocycles. The second-order valence-corrected chi connectivity index (χ2v) is 9.07. The van der Waals surface area contributed by atoms with Gasteiger partial charge in [-0.05, 0) is 43.1 Å². The molecule has 8 heteroatoms. The predicted molar refractivity (Wildman–Crippen MR) is 88.7 cm³/mol. The molecule has 1 aromatic heterocycles. The lowest BCUT2D eigenvalue weighted by molar-refractivity contribution is 0.402. The van der Waals surface area contributed by atoms with Gasteiger partial charge in [0.15, 0.2) is 9.84 Å². The van der Waals surface area contributed by atoms with Crippen molar-refractivity contribution in [2.24, 2.45) is 5.84 Å². The topological polar surface area (TPSA) is 90.0 Å². The van der Waals surface area contributed by atoms with Gasteiger partial charge in [0, 0.05) is 25.3 Å². The third-order valence-electron chi connectivity index (χ3n) is 4.09. The molecule has 0 amide bonds. The number of rotatable bonds is 7. The van der Waals surface area contributed by atoms with Crippen LogP contribution in [0.1, 0.15) is 39.1 Å². The summed E-state index contributed by atoms with van der Waals surface area (Å²) >= 11 is 3.58. The highest BCUT2D eigenvalue weighted by Crippen LogP contribution is 2.28. The second-order valence-electron chi connectivity index (χ2n) is 5.68. The van der Waals surface area contributed by atoms with Gasteiger partial charge in [-0.2, -0.15) is 5.10 Å². The van der Waals surface area contributed by atoms with Gasteiger partial charge in [0.05, 0.1) is 20.6 Å². The van der Waals surface area contributed by atoms with Gasteiger partial charge in [0.1, 0.15) is 0 Å². The molecule has 0 saturated carbocycles. The predicted octanol–water partition coefficient (Wildman–Crippen LogP) is 1.43. The summed E-state index contributed by atoms with van der Waals surface area (Å²) in [6, 6.07) is -0.407. The van der Waals surface area contributed by atoms with Crippen LogP contribution in [0.15, 0.2) is 4.47 Å².